The minimum atomic E-state index is -0.157. The molecule has 3 fully saturated rings. The van der Waals surface area contributed by atoms with Crippen molar-refractivity contribution in [2.75, 3.05) is 26.2 Å². The van der Waals surface area contributed by atoms with Crippen LogP contribution >= 0.6 is 0 Å². The first-order valence-corrected chi connectivity index (χ1v) is 8.34. The second-order valence-electron chi connectivity index (χ2n) is 7.30. The third-order valence-corrected chi connectivity index (χ3v) is 5.37. The molecule has 0 amide bonds. The second kappa shape index (κ2) is 6.11. The number of aliphatic hydroxyl groups is 1. The predicted molar refractivity (Wildman–Crippen MR) is 78.1 cm³/mol. The van der Waals surface area contributed by atoms with Gasteiger partial charge in [-0.2, -0.15) is 0 Å². The van der Waals surface area contributed by atoms with Gasteiger partial charge >= 0.3 is 0 Å². The average Bonchev–Trinajstić information content (AvgIpc) is 3.10. The number of hydrogen-bond donors (Lipinski definition) is 2. The molecule has 1 aliphatic heterocycles. The zero-order valence-corrected chi connectivity index (χ0v) is 12.4. The molecule has 3 nitrogen and oxygen atoms in total. The number of nitrogens with one attached hydrogen (secondary N) is 1. The highest BCUT2D eigenvalue weighted by molar-refractivity contribution is 4.89. The van der Waals surface area contributed by atoms with Crippen LogP contribution in [0, 0.1) is 17.8 Å². The molecule has 1 saturated heterocycles. The van der Waals surface area contributed by atoms with E-state index in [1.165, 1.54) is 51.7 Å². The van der Waals surface area contributed by atoms with Gasteiger partial charge in [-0.15, -0.1) is 0 Å². The van der Waals surface area contributed by atoms with Crippen LogP contribution in [0.1, 0.15) is 45.4 Å². The Bertz CT molecular complexity index is 286. The van der Waals surface area contributed by atoms with Gasteiger partial charge in [0.05, 0.1) is 6.10 Å². The van der Waals surface area contributed by atoms with Crippen LogP contribution in [0.4, 0.5) is 0 Å². The predicted octanol–water partition coefficient (Wildman–Crippen LogP) is 1.86. The molecule has 0 aromatic rings. The zero-order valence-electron chi connectivity index (χ0n) is 12.4. The summed E-state index contributed by atoms with van der Waals surface area (Å²) in [6, 6.07) is 0.604. The molecule has 2 aliphatic carbocycles. The molecule has 3 atom stereocenters. The lowest BCUT2D eigenvalue weighted by Crippen LogP contribution is -2.52. The molecule has 0 radical (unpaired) electrons. The minimum absolute atomic E-state index is 0.157. The SMILES string of the molecule is CC(O)C1CC(NCC2CCC2)CN(CC2CC2)C1. The van der Waals surface area contributed by atoms with Gasteiger partial charge < -0.3 is 15.3 Å². The van der Waals surface area contributed by atoms with Crippen LogP contribution in [0.2, 0.25) is 0 Å². The van der Waals surface area contributed by atoms with Crippen LogP contribution in [0.5, 0.6) is 0 Å². The lowest BCUT2D eigenvalue weighted by atomic mass is 9.84. The monoisotopic (exact) mass is 266 g/mol. The van der Waals surface area contributed by atoms with Crippen molar-refractivity contribution in [2.45, 2.75) is 57.6 Å². The van der Waals surface area contributed by atoms with Crippen LogP contribution in [0.25, 0.3) is 0 Å². The molecule has 0 aromatic carbocycles. The fourth-order valence-electron chi connectivity index (χ4n) is 3.57. The molecule has 3 heteroatoms. The highest BCUT2D eigenvalue weighted by atomic mass is 16.3. The maximum atomic E-state index is 9.94. The first-order valence-electron chi connectivity index (χ1n) is 8.34. The van der Waals surface area contributed by atoms with E-state index < -0.39 is 0 Å². The third kappa shape index (κ3) is 3.93. The maximum absolute atomic E-state index is 9.94. The van der Waals surface area contributed by atoms with E-state index >= 15 is 0 Å². The molecular formula is C16H30N2O. The van der Waals surface area contributed by atoms with Crippen molar-refractivity contribution < 1.29 is 5.11 Å². The molecule has 2 N–H and O–H groups in total. The Labute approximate surface area is 117 Å². The molecule has 0 aromatic heterocycles. The van der Waals surface area contributed by atoms with Crippen LogP contribution in [0.3, 0.4) is 0 Å². The van der Waals surface area contributed by atoms with E-state index in [4.69, 9.17) is 0 Å². The number of likely N-dealkylation sites (tertiary alicyclic amines) is 1. The number of hydrogen-bond acceptors (Lipinski definition) is 3. The quantitative estimate of drug-likeness (QED) is 0.770. The summed E-state index contributed by atoms with van der Waals surface area (Å²) in [5.41, 5.74) is 0. The molecule has 19 heavy (non-hydrogen) atoms. The van der Waals surface area contributed by atoms with Gasteiger partial charge in [0, 0.05) is 25.7 Å². The summed E-state index contributed by atoms with van der Waals surface area (Å²) in [6.45, 7) is 6.75. The molecule has 3 aliphatic rings. The summed E-state index contributed by atoms with van der Waals surface area (Å²) < 4.78 is 0. The van der Waals surface area contributed by atoms with Gasteiger partial charge in [0.15, 0.2) is 0 Å². The Hall–Kier alpha value is -0.120. The van der Waals surface area contributed by atoms with Crippen molar-refractivity contribution >= 4 is 0 Å². The van der Waals surface area contributed by atoms with Crippen LogP contribution in [-0.2, 0) is 0 Å². The summed E-state index contributed by atoms with van der Waals surface area (Å²) in [5.74, 6) is 2.36. The highest BCUT2D eigenvalue weighted by Crippen LogP contribution is 2.32. The van der Waals surface area contributed by atoms with Gasteiger partial charge in [0.25, 0.3) is 0 Å². The fourth-order valence-corrected chi connectivity index (χ4v) is 3.57. The summed E-state index contributed by atoms with van der Waals surface area (Å²) >= 11 is 0. The maximum Gasteiger partial charge on any atom is 0.0553 e. The first kappa shape index (κ1) is 13.8. The number of nitrogens with zero attached hydrogens (tertiary/aromatic N) is 1. The van der Waals surface area contributed by atoms with Gasteiger partial charge in [-0.1, -0.05) is 6.42 Å². The molecule has 0 spiro atoms. The Morgan fingerprint density at radius 2 is 1.95 bits per heavy atom. The standard InChI is InChI=1S/C16H30N2O/c1-12(19)15-7-16(17-8-13-3-2-4-13)11-18(10-15)9-14-5-6-14/h12-17,19H,2-11H2,1H3. The third-order valence-electron chi connectivity index (χ3n) is 5.37. The van der Waals surface area contributed by atoms with Gasteiger partial charge in [-0.05, 0) is 63.3 Å². The van der Waals surface area contributed by atoms with Crippen molar-refractivity contribution in [1.29, 1.82) is 0 Å². The second-order valence-corrected chi connectivity index (χ2v) is 7.30. The van der Waals surface area contributed by atoms with Crippen LogP contribution in [-0.4, -0.2) is 48.3 Å². The normalized spacial score (nSPS) is 35.1. The van der Waals surface area contributed by atoms with E-state index in [0.29, 0.717) is 12.0 Å². The molecule has 1 heterocycles. The lowest BCUT2D eigenvalue weighted by Gasteiger charge is -2.40. The van der Waals surface area contributed by atoms with Gasteiger partial charge in [-0.25, -0.2) is 0 Å². The molecule has 0 bridgehead atoms. The van der Waals surface area contributed by atoms with Crippen molar-refractivity contribution in [3.05, 3.63) is 0 Å². The molecule has 110 valence electrons. The Morgan fingerprint density at radius 3 is 2.53 bits per heavy atom. The Balaban J connectivity index is 1.48. The smallest absolute Gasteiger partial charge is 0.0553 e. The van der Waals surface area contributed by atoms with Gasteiger partial charge in [0.2, 0.25) is 0 Å². The minimum Gasteiger partial charge on any atom is -0.393 e. The lowest BCUT2D eigenvalue weighted by molar-refractivity contribution is 0.0446. The van der Waals surface area contributed by atoms with Gasteiger partial charge in [-0.3, -0.25) is 0 Å². The molecular weight excluding hydrogens is 236 g/mol. The van der Waals surface area contributed by atoms with Crippen molar-refractivity contribution in [3.63, 3.8) is 0 Å². The van der Waals surface area contributed by atoms with Gasteiger partial charge in [0.1, 0.15) is 0 Å². The Morgan fingerprint density at radius 1 is 1.16 bits per heavy atom. The van der Waals surface area contributed by atoms with Crippen molar-refractivity contribution in [2.24, 2.45) is 17.8 Å². The van der Waals surface area contributed by atoms with Crippen molar-refractivity contribution in [3.8, 4) is 0 Å². The summed E-state index contributed by atoms with van der Waals surface area (Å²) in [6.07, 6.45) is 8.13. The molecule has 2 saturated carbocycles. The first-order chi connectivity index (χ1) is 9.20. The molecule has 3 rings (SSSR count). The van der Waals surface area contributed by atoms with E-state index in [9.17, 15) is 5.11 Å². The summed E-state index contributed by atoms with van der Waals surface area (Å²) in [5, 5.41) is 13.7. The average molecular weight is 266 g/mol. The number of piperidine rings is 1. The fraction of sp³-hybridized carbons (Fsp3) is 1.00. The van der Waals surface area contributed by atoms with E-state index in [0.717, 1.165) is 24.8 Å². The van der Waals surface area contributed by atoms with Crippen molar-refractivity contribution in [1.82, 2.24) is 10.2 Å². The number of aliphatic hydroxyl groups excluding tert-OH is 1. The van der Waals surface area contributed by atoms with E-state index in [1.807, 2.05) is 6.92 Å². The summed E-state index contributed by atoms with van der Waals surface area (Å²) in [4.78, 5) is 2.61. The molecule has 3 unspecified atom stereocenters. The largest absolute Gasteiger partial charge is 0.393 e. The van der Waals surface area contributed by atoms with E-state index in [-0.39, 0.29) is 6.10 Å². The number of rotatable bonds is 6. The van der Waals surface area contributed by atoms with E-state index in [1.54, 1.807) is 0 Å². The van der Waals surface area contributed by atoms with Crippen LogP contribution in [0.15, 0.2) is 0 Å². The zero-order chi connectivity index (χ0) is 13.2. The van der Waals surface area contributed by atoms with E-state index in [2.05, 4.69) is 10.2 Å². The van der Waals surface area contributed by atoms with Crippen LogP contribution < -0.4 is 5.32 Å². The topological polar surface area (TPSA) is 35.5 Å². The Kier molecular flexibility index (Phi) is 4.45. The highest BCUT2D eigenvalue weighted by Gasteiger charge is 2.33. The summed E-state index contributed by atoms with van der Waals surface area (Å²) in [7, 11) is 0.